The molecule has 0 amide bonds. The molecular weight excluding hydrogens is 433 g/mol. The monoisotopic (exact) mass is 446 g/mol. The van der Waals surface area contributed by atoms with Gasteiger partial charge in [-0.3, -0.25) is 0 Å². The Hall–Kier alpha value is -2.73. The molecule has 158 valence electrons. The Labute approximate surface area is 171 Å². The molecule has 0 atom stereocenters. The average molecular weight is 446 g/mol. The Morgan fingerprint density at radius 3 is 2.23 bits per heavy atom. The van der Waals surface area contributed by atoms with E-state index in [1.54, 1.807) is 6.07 Å². The van der Waals surface area contributed by atoms with Gasteiger partial charge in [-0.2, -0.15) is 13.2 Å². The molecule has 3 aromatic rings. The Bertz CT molecular complexity index is 1130. The van der Waals surface area contributed by atoms with Crippen LogP contribution >= 0.6 is 11.3 Å². The summed E-state index contributed by atoms with van der Waals surface area (Å²) in [5.41, 5.74) is -1.23. The fourth-order valence-corrected chi connectivity index (χ4v) is 3.94. The number of thiophene rings is 1. The third kappa shape index (κ3) is 4.87. The van der Waals surface area contributed by atoms with Gasteiger partial charge in [-0.05, 0) is 41.6 Å². The summed E-state index contributed by atoms with van der Waals surface area (Å²) in [5.74, 6) is -3.12. The fraction of sp³-hybridized carbons (Fsp3) is 0.238. The van der Waals surface area contributed by atoms with Crippen molar-refractivity contribution in [2.45, 2.75) is 32.5 Å². The van der Waals surface area contributed by atoms with E-state index in [0.29, 0.717) is 23.9 Å². The first kappa shape index (κ1) is 22.0. The van der Waals surface area contributed by atoms with Gasteiger partial charge in [0, 0.05) is 10.8 Å². The van der Waals surface area contributed by atoms with E-state index in [4.69, 9.17) is 4.74 Å². The minimum absolute atomic E-state index is 0.167. The second-order valence-corrected chi connectivity index (χ2v) is 7.49. The van der Waals surface area contributed by atoms with Crippen molar-refractivity contribution in [3.8, 4) is 17.6 Å². The molecule has 0 saturated carbocycles. The lowest BCUT2D eigenvalue weighted by Crippen LogP contribution is -2.04. The van der Waals surface area contributed by atoms with E-state index in [-0.39, 0.29) is 10.3 Å². The number of alkyl halides is 3. The van der Waals surface area contributed by atoms with Crippen LogP contribution in [0.3, 0.4) is 0 Å². The zero-order valence-corrected chi connectivity index (χ0v) is 16.2. The molecule has 0 spiro atoms. The third-order valence-electron chi connectivity index (χ3n) is 4.02. The predicted octanol–water partition coefficient (Wildman–Crippen LogP) is 6.90. The van der Waals surface area contributed by atoms with Crippen molar-refractivity contribution >= 4 is 21.4 Å². The summed E-state index contributed by atoms with van der Waals surface area (Å²) in [4.78, 5) is 0.877. The molecular formula is C21H13F7OS. The number of ether oxygens (including phenoxy) is 1. The van der Waals surface area contributed by atoms with Gasteiger partial charge in [-0.25, -0.2) is 17.6 Å². The quantitative estimate of drug-likeness (QED) is 0.306. The summed E-state index contributed by atoms with van der Waals surface area (Å²) in [6, 6.07) is 4.19. The number of hydrogen-bond donors (Lipinski definition) is 0. The van der Waals surface area contributed by atoms with Gasteiger partial charge in [0.15, 0.2) is 17.4 Å². The highest BCUT2D eigenvalue weighted by Gasteiger charge is 2.24. The summed E-state index contributed by atoms with van der Waals surface area (Å²) in [7, 11) is 0. The lowest BCUT2D eigenvalue weighted by molar-refractivity contribution is -0.0696. The Kier molecular flexibility index (Phi) is 6.27. The topological polar surface area (TPSA) is 9.23 Å². The number of hydrogen-bond acceptors (Lipinski definition) is 2. The van der Waals surface area contributed by atoms with Crippen molar-refractivity contribution in [2.75, 3.05) is 0 Å². The molecule has 0 N–H and O–H groups in total. The highest BCUT2D eigenvalue weighted by Crippen LogP contribution is 2.36. The average Bonchev–Trinajstić information content (AvgIpc) is 3.03. The number of aryl methyl sites for hydroxylation is 1. The van der Waals surface area contributed by atoms with Crippen LogP contribution < -0.4 is 4.74 Å². The Balaban J connectivity index is 1.86. The first-order valence-corrected chi connectivity index (χ1v) is 9.51. The molecule has 0 aliphatic heterocycles. The van der Waals surface area contributed by atoms with Crippen LogP contribution in [-0.4, -0.2) is 6.18 Å². The van der Waals surface area contributed by atoms with E-state index in [2.05, 4.69) is 0 Å². The van der Waals surface area contributed by atoms with Crippen LogP contribution in [0.25, 0.3) is 10.1 Å². The van der Waals surface area contributed by atoms with Gasteiger partial charge in [-0.15, -0.1) is 11.3 Å². The molecule has 30 heavy (non-hydrogen) atoms. The van der Waals surface area contributed by atoms with Crippen molar-refractivity contribution in [2.24, 2.45) is 0 Å². The molecule has 0 bridgehead atoms. The smallest absolute Gasteiger partial charge is 0.458 e. The molecule has 0 radical (unpaired) electrons. The van der Waals surface area contributed by atoms with E-state index in [9.17, 15) is 30.7 Å². The van der Waals surface area contributed by atoms with Gasteiger partial charge < -0.3 is 4.74 Å². The molecule has 9 heteroatoms. The molecule has 1 heterocycles. The number of halogens is 7. The van der Waals surface area contributed by atoms with E-state index < -0.39 is 47.4 Å². The zero-order chi connectivity index (χ0) is 22.1. The standard InChI is InChI=1S/C21H13F7OS/c1-2-3-13-8-12-9-17(24)19(18(25)20(12)30-13)29-10-11-6-15(22)14(16(23)7-11)4-5-21(26,27)28/h6-9H,2-3,10H2,1H3. The molecule has 0 fully saturated rings. The lowest BCUT2D eigenvalue weighted by Gasteiger charge is -2.10. The number of fused-ring (bicyclic) bond motifs is 1. The minimum Gasteiger partial charge on any atom is -0.483 e. The minimum atomic E-state index is -4.91. The van der Waals surface area contributed by atoms with E-state index in [1.165, 1.54) is 5.92 Å². The van der Waals surface area contributed by atoms with Crippen LogP contribution in [-0.2, 0) is 13.0 Å². The highest BCUT2D eigenvalue weighted by molar-refractivity contribution is 7.19. The fourth-order valence-electron chi connectivity index (χ4n) is 2.77. The molecule has 0 aliphatic carbocycles. The maximum Gasteiger partial charge on any atom is 0.458 e. The van der Waals surface area contributed by atoms with Crippen LogP contribution in [0.4, 0.5) is 30.7 Å². The van der Waals surface area contributed by atoms with E-state index in [1.807, 2.05) is 6.92 Å². The number of benzene rings is 2. The molecule has 0 unspecified atom stereocenters. The van der Waals surface area contributed by atoms with Crippen LogP contribution in [0, 0.1) is 35.1 Å². The second-order valence-electron chi connectivity index (χ2n) is 6.35. The van der Waals surface area contributed by atoms with Gasteiger partial charge in [0.2, 0.25) is 0 Å². The van der Waals surface area contributed by atoms with Crippen molar-refractivity contribution in [1.29, 1.82) is 0 Å². The Morgan fingerprint density at radius 2 is 1.63 bits per heavy atom. The van der Waals surface area contributed by atoms with Gasteiger partial charge in [0.25, 0.3) is 0 Å². The Morgan fingerprint density at radius 1 is 0.967 bits per heavy atom. The largest absolute Gasteiger partial charge is 0.483 e. The van der Waals surface area contributed by atoms with Crippen molar-refractivity contribution < 1.29 is 35.5 Å². The summed E-state index contributed by atoms with van der Waals surface area (Å²) < 4.78 is 98.5. The van der Waals surface area contributed by atoms with Crippen LogP contribution in [0.15, 0.2) is 24.3 Å². The van der Waals surface area contributed by atoms with E-state index in [0.717, 1.165) is 34.6 Å². The summed E-state index contributed by atoms with van der Waals surface area (Å²) in [5, 5.41) is 0.385. The highest BCUT2D eigenvalue weighted by atomic mass is 32.1. The van der Waals surface area contributed by atoms with E-state index >= 15 is 0 Å². The normalized spacial score (nSPS) is 11.5. The SMILES string of the molecule is CCCc1cc2cc(F)c(OCc3cc(F)c(C#CC(F)(F)F)c(F)c3)c(F)c2s1. The second kappa shape index (κ2) is 8.56. The number of rotatable bonds is 5. The summed E-state index contributed by atoms with van der Waals surface area (Å²) >= 11 is 1.16. The first-order chi connectivity index (χ1) is 14.1. The molecule has 3 rings (SSSR count). The van der Waals surface area contributed by atoms with Crippen molar-refractivity contribution in [3.05, 3.63) is 63.5 Å². The molecule has 0 saturated heterocycles. The van der Waals surface area contributed by atoms with Gasteiger partial charge in [0.05, 0.1) is 10.3 Å². The molecule has 2 aromatic carbocycles. The first-order valence-electron chi connectivity index (χ1n) is 8.70. The summed E-state index contributed by atoms with van der Waals surface area (Å²) in [6.45, 7) is 1.35. The van der Waals surface area contributed by atoms with Crippen molar-refractivity contribution in [1.82, 2.24) is 0 Å². The third-order valence-corrected chi connectivity index (χ3v) is 5.22. The van der Waals surface area contributed by atoms with Gasteiger partial charge in [0.1, 0.15) is 18.2 Å². The summed E-state index contributed by atoms with van der Waals surface area (Å²) in [6.07, 6.45) is -3.37. The van der Waals surface area contributed by atoms with Gasteiger partial charge in [-0.1, -0.05) is 19.3 Å². The zero-order valence-electron chi connectivity index (χ0n) is 15.4. The predicted molar refractivity (Wildman–Crippen MR) is 99.4 cm³/mol. The van der Waals surface area contributed by atoms with Crippen LogP contribution in [0.2, 0.25) is 0 Å². The molecule has 1 aromatic heterocycles. The maximum atomic E-state index is 14.7. The lowest BCUT2D eigenvalue weighted by atomic mass is 10.1. The van der Waals surface area contributed by atoms with Gasteiger partial charge >= 0.3 is 6.18 Å². The van der Waals surface area contributed by atoms with Crippen LogP contribution in [0.1, 0.15) is 29.3 Å². The molecule has 1 nitrogen and oxygen atoms in total. The van der Waals surface area contributed by atoms with Crippen LogP contribution in [0.5, 0.6) is 5.75 Å². The van der Waals surface area contributed by atoms with Crippen molar-refractivity contribution in [3.63, 3.8) is 0 Å². The maximum absolute atomic E-state index is 14.7. The molecule has 0 aliphatic rings.